The van der Waals surface area contributed by atoms with E-state index in [-0.39, 0.29) is 38.3 Å². The topological polar surface area (TPSA) is 387 Å². The lowest BCUT2D eigenvalue weighted by Crippen LogP contribution is -2.60. The summed E-state index contributed by atoms with van der Waals surface area (Å²) in [5.74, 6) is -15.0. The third kappa shape index (κ3) is 22.4. The Morgan fingerprint density at radius 3 is 1.96 bits per heavy atom. The molecular weight excluding hydrogens is 953 g/mol. The van der Waals surface area contributed by atoms with Crippen LogP contribution in [0.3, 0.4) is 0 Å². The van der Waals surface area contributed by atoms with Crippen molar-refractivity contribution in [2.45, 2.75) is 167 Å². The van der Waals surface area contributed by atoms with Crippen molar-refractivity contribution in [2.24, 2.45) is 23.7 Å². The fourth-order valence-corrected chi connectivity index (χ4v) is 7.72. The number of rotatable bonds is 38. The number of hydrogen-bond acceptors (Lipinski definition) is 18. The molecule has 1 aliphatic heterocycles. The Kier molecular flexibility index (Phi) is 28.2. The van der Waals surface area contributed by atoms with E-state index in [4.69, 9.17) is 14.2 Å². The molecule has 9 N–H and O–H groups in total. The van der Waals surface area contributed by atoms with E-state index < -0.39 is 164 Å². The van der Waals surface area contributed by atoms with Gasteiger partial charge in [-0.05, 0) is 38.0 Å². The van der Waals surface area contributed by atoms with Gasteiger partial charge in [0.1, 0.15) is 31.0 Å². The van der Waals surface area contributed by atoms with Gasteiger partial charge < -0.3 is 60.8 Å². The summed E-state index contributed by atoms with van der Waals surface area (Å²) < 4.78 is 17.7. The van der Waals surface area contributed by atoms with Crippen LogP contribution in [0.4, 0.5) is 0 Å². The number of carbonyl (C=O) groups excluding carboxylic acids is 7. The minimum atomic E-state index is -2.06. The molecule has 10 atom stereocenters. The number of ether oxygens (including phenoxy) is 3. The number of aryl methyl sites for hydroxylation is 1. The van der Waals surface area contributed by atoms with Crippen molar-refractivity contribution in [1.82, 2.24) is 30.9 Å². The Labute approximate surface area is 417 Å². The molecule has 1 fully saturated rings. The smallest absolute Gasteiger partial charge is 0.305 e. The number of carboxylic acids is 3. The van der Waals surface area contributed by atoms with E-state index in [1.54, 1.807) is 6.20 Å². The summed E-state index contributed by atoms with van der Waals surface area (Å²) in [5.41, 5.74) is 0.695. The molecule has 1 aromatic heterocycles. The summed E-state index contributed by atoms with van der Waals surface area (Å²) in [6.07, 6.45) is -9.86. The molecule has 0 unspecified atom stereocenters. The number of carbonyl (C=O) groups is 10. The SMILES string of the molecule is CCCCc1cn(CC(=O)CC[C@@H]2O[C@H](C(=O)C[C@@H](CC(=O)O)C(=O)N[C@@H](CCC(=O)O)C(=O)C[C@H](C(=O)N[C@@H](CC(=O)O)C(=O)C[C@@H](C)C(=O)NCCOCCOCCC)C(C)C)[C@H](O)[C@H](O)[C@H]2O)nn1. The summed E-state index contributed by atoms with van der Waals surface area (Å²) in [6.45, 7) is 9.84. The summed E-state index contributed by atoms with van der Waals surface area (Å²) in [6, 6.07) is -3.31. The van der Waals surface area contributed by atoms with Gasteiger partial charge in [-0.15, -0.1) is 5.10 Å². The highest BCUT2D eigenvalue weighted by molar-refractivity contribution is 5.98. The summed E-state index contributed by atoms with van der Waals surface area (Å²) in [4.78, 5) is 129. The van der Waals surface area contributed by atoms with Gasteiger partial charge in [0.15, 0.2) is 23.1 Å². The maximum atomic E-state index is 13.9. The van der Waals surface area contributed by atoms with Crippen LogP contribution in [0.15, 0.2) is 6.20 Å². The van der Waals surface area contributed by atoms with E-state index >= 15 is 0 Å². The lowest BCUT2D eigenvalue weighted by molar-refractivity contribution is -0.221. The maximum Gasteiger partial charge on any atom is 0.305 e. The first-order valence-electron chi connectivity index (χ1n) is 24.4. The van der Waals surface area contributed by atoms with Crippen molar-refractivity contribution < 1.29 is 92.8 Å². The van der Waals surface area contributed by atoms with Crippen LogP contribution in [0, 0.1) is 23.7 Å². The molecule has 25 nitrogen and oxygen atoms in total. The molecule has 0 aliphatic carbocycles. The number of ketones is 4. The van der Waals surface area contributed by atoms with Crippen LogP contribution in [0.2, 0.25) is 0 Å². The van der Waals surface area contributed by atoms with Gasteiger partial charge in [0.25, 0.3) is 0 Å². The maximum absolute atomic E-state index is 13.9. The van der Waals surface area contributed by atoms with E-state index in [1.165, 1.54) is 25.5 Å². The van der Waals surface area contributed by atoms with Crippen LogP contribution in [-0.4, -0.2) is 180 Å². The first-order valence-corrected chi connectivity index (χ1v) is 24.4. The zero-order valence-electron chi connectivity index (χ0n) is 41.7. The number of unbranched alkanes of at least 4 members (excludes halogenated alkanes) is 1. The van der Waals surface area contributed by atoms with Crippen molar-refractivity contribution in [3.05, 3.63) is 11.9 Å². The number of aliphatic hydroxyl groups excluding tert-OH is 3. The molecule has 2 rings (SSSR count). The quantitative estimate of drug-likeness (QED) is 0.0379. The first kappa shape index (κ1) is 62.5. The van der Waals surface area contributed by atoms with E-state index in [0.29, 0.717) is 31.9 Å². The summed E-state index contributed by atoms with van der Waals surface area (Å²) in [5, 5.41) is 76.1. The third-order valence-corrected chi connectivity index (χ3v) is 11.9. The zero-order chi connectivity index (χ0) is 54.1. The molecule has 72 heavy (non-hydrogen) atoms. The zero-order valence-corrected chi connectivity index (χ0v) is 41.7. The second kappa shape index (κ2) is 32.5. The van der Waals surface area contributed by atoms with E-state index in [1.807, 2.05) is 13.8 Å². The van der Waals surface area contributed by atoms with Crippen LogP contribution in [0.5, 0.6) is 0 Å². The molecule has 0 bridgehead atoms. The van der Waals surface area contributed by atoms with Crippen molar-refractivity contribution in [3.63, 3.8) is 0 Å². The van der Waals surface area contributed by atoms with E-state index in [2.05, 4.69) is 26.3 Å². The molecule has 1 aliphatic rings. The fraction of sp³-hybridized carbons (Fsp3) is 0.745. The van der Waals surface area contributed by atoms with Crippen LogP contribution in [-0.2, 0) is 75.1 Å². The molecule has 0 aromatic carbocycles. The Balaban J connectivity index is 2.17. The Morgan fingerprint density at radius 1 is 0.708 bits per heavy atom. The largest absolute Gasteiger partial charge is 0.481 e. The van der Waals surface area contributed by atoms with Gasteiger partial charge in [-0.1, -0.05) is 46.3 Å². The predicted molar refractivity (Wildman–Crippen MR) is 250 cm³/mol. The van der Waals surface area contributed by atoms with Gasteiger partial charge in [-0.2, -0.15) is 0 Å². The highest BCUT2D eigenvalue weighted by Crippen LogP contribution is 2.28. The van der Waals surface area contributed by atoms with Crippen molar-refractivity contribution in [1.29, 1.82) is 0 Å². The number of nitrogens with one attached hydrogen (secondary N) is 3. The molecule has 1 aromatic rings. The number of Topliss-reactive ketones (excluding diaryl/α,β-unsaturated/α-hetero) is 4. The average Bonchev–Trinajstić information content (AvgIpc) is 3.76. The minimum absolute atomic E-state index is 0.117. The summed E-state index contributed by atoms with van der Waals surface area (Å²) in [7, 11) is 0. The minimum Gasteiger partial charge on any atom is -0.481 e. The molecule has 2 heterocycles. The van der Waals surface area contributed by atoms with E-state index in [9.17, 15) is 78.6 Å². The van der Waals surface area contributed by atoms with Gasteiger partial charge in [0, 0.05) is 63.3 Å². The second-order valence-electron chi connectivity index (χ2n) is 18.4. The average molecular weight is 1030 g/mol. The Hall–Kier alpha value is -5.60. The van der Waals surface area contributed by atoms with Gasteiger partial charge in [-0.3, -0.25) is 47.9 Å². The number of amides is 3. The monoisotopic (exact) mass is 1030 g/mol. The number of aliphatic carboxylic acids is 3. The van der Waals surface area contributed by atoms with Crippen molar-refractivity contribution in [3.8, 4) is 0 Å². The predicted octanol–water partition coefficient (Wildman–Crippen LogP) is -0.435. The first-order chi connectivity index (χ1) is 34.0. The molecule has 0 radical (unpaired) electrons. The van der Waals surface area contributed by atoms with Gasteiger partial charge in [0.2, 0.25) is 17.7 Å². The van der Waals surface area contributed by atoms with Crippen LogP contribution >= 0.6 is 0 Å². The number of carboxylic acid groups (broad SMARTS) is 3. The van der Waals surface area contributed by atoms with Crippen LogP contribution < -0.4 is 16.0 Å². The van der Waals surface area contributed by atoms with Gasteiger partial charge >= 0.3 is 17.9 Å². The van der Waals surface area contributed by atoms with Gasteiger partial charge in [0.05, 0.1) is 62.5 Å². The fourth-order valence-electron chi connectivity index (χ4n) is 7.72. The molecule has 0 saturated carbocycles. The Bertz CT molecular complexity index is 1980. The second-order valence-corrected chi connectivity index (χ2v) is 18.4. The standard InChI is InChI=1S/C47H74N6O19/c1-6-8-9-29-24-53(52-51-29)25-30(54)10-12-37-41(64)42(65)43(66)44(72-37)36(57)20-28(21-39(60)61)46(68)49-32(11-13-38(58)59)35(56)22-31(26(3)4)47(69)50-33(23-40(62)63)34(55)19-27(5)45(67)48-14-16-71-18-17-70-15-7-2/h24,26-28,31-33,37,41-44,64-66H,6-23,25H2,1-5H3,(H,48,67)(H,49,68)(H,50,69)(H,58,59)(H,60,61)(H,62,63)/t27-,28+,31+,32+,33+,37+,41+,42-,43-,44-/m1/s1. The third-order valence-electron chi connectivity index (χ3n) is 11.9. The van der Waals surface area contributed by atoms with Crippen molar-refractivity contribution in [2.75, 3.05) is 33.0 Å². The normalized spacial score (nSPS) is 19.8. The van der Waals surface area contributed by atoms with E-state index in [0.717, 1.165) is 19.3 Å². The van der Waals surface area contributed by atoms with Crippen molar-refractivity contribution >= 4 is 58.8 Å². The number of aliphatic hydroxyl groups is 3. The lowest BCUT2D eigenvalue weighted by Gasteiger charge is -2.40. The molecule has 0 spiro atoms. The van der Waals surface area contributed by atoms with Gasteiger partial charge in [-0.25, -0.2) is 4.68 Å². The number of aromatic nitrogens is 3. The Morgan fingerprint density at radius 2 is 1.35 bits per heavy atom. The molecule has 406 valence electrons. The highest BCUT2D eigenvalue weighted by atomic mass is 16.5. The number of hydrogen-bond donors (Lipinski definition) is 9. The molecule has 25 heteroatoms. The molecule has 3 amide bonds. The molecule has 1 saturated heterocycles. The van der Waals surface area contributed by atoms with Crippen LogP contribution in [0.1, 0.15) is 117 Å². The lowest BCUT2D eigenvalue weighted by atomic mass is 9.86. The number of nitrogens with zero attached hydrogens (tertiary/aromatic N) is 3. The van der Waals surface area contributed by atoms with Crippen LogP contribution in [0.25, 0.3) is 0 Å². The highest BCUT2D eigenvalue weighted by Gasteiger charge is 2.47. The summed E-state index contributed by atoms with van der Waals surface area (Å²) >= 11 is 0. The molecular formula is C47H74N6O19.